The van der Waals surface area contributed by atoms with Crippen LogP contribution in [-0.4, -0.2) is 50.6 Å². The first-order valence-corrected chi connectivity index (χ1v) is 10.4. The van der Waals surface area contributed by atoms with Crippen LogP contribution in [0.15, 0.2) is 52.9 Å². The SMILES string of the molecule is COc1ccc(C[NH+]2CC[NH+]([C@H](C)c3nnc(-c4ccc(OC)cc4)o3)CC2)cc1. The zero-order chi connectivity index (χ0) is 20.9. The van der Waals surface area contributed by atoms with Gasteiger partial charge in [-0.2, -0.15) is 0 Å². The van der Waals surface area contributed by atoms with Crippen LogP contribution >= 0.6 is 0 Å². The zero-order valence-corrected chi connectivity index (χ0v) is 17.9. The minimum Gasteiger partial charge on any atom is -0.497 e. The number of benzene rings is 2. The number of hydrogen-bond donors (Lipinski definition) is 2. The van der Waals surface area contributed by atoms with Gasteiger partial charge in [0, 0.05) is 11.1 Å². The molecule has 1 aliphatic rings. The van der Waals surface area contributed by atoms with Crippen molar-refractivity contribution in [1.29, 1.82) is 0 Å². The van der Waals surface area contributed by atoms with Crippen LogP contribution in [0.2, 0.25) is 0 Å². The first-order valence-electron chi connectivity index (χ1n) is 10.4. The Morgan fingerprint density at radius 2 is 1.47 bits per heavy atom. The molecule has 0 spiro atoms. The lowest BCUT2D eigenvalue weighted by molar-refractivity contribution is -1.03. The van der Waals surface area contributed by atoms with Crippen molar-refractivity contribution in [1.82, 2.24) is 10.2 Å². The van der Waals surface area contributed by atoms with Gasteiger partial charge in [-0.25, -0.2) is 0 Å². The third-order valence-corrected chi connectivity index (χ3v) is 5.97. The topological polar surface area (TPSA) is 66.3 Å². The van der Waals surface area contributed by atoms with Crippen LogP contribution in [-0.2, 0) is 6.54 Å². The van der Waals surface area contributed by atoms with Crippen LogP contribution in [0.3, 0.4) is 0 Å². The molecule has 0 amide bonds. The van der Waals surface area contributed by atoms with Crippen LogP contribution in [0.4, 0.5) is 0 Å². The van der Waals surface area contributed by atoms with Crippen molar-refractivity contribution in [2.24, 2.45) is 0 Å². The molecule has 0 aliphatic carbocycles. The van der Waals surface area contributed by atoms with E-state index in [1.54, 1.807) is 19.1 Å². The van der Waals surface area contributed by atoms with Crippen molar-refractivity contribution in [2.45, 2.75) is 19.5 Å². The molecule has 30 heavy (non-hydrogen) atoms. The van der Waals surface area contributed by atoms with Gasteiger partial charge in [0.15, 0.2) is 6.04 Å². The summed E-state index contributed by atoms with van der Waals surface area (Å²) in [6.07, 6.45) is 0. The molecule has 0 saturated carbocycles. The fraction of sp³-hybridized carbons (Fsp3) is 0.391. The quantitative estimate of drug-likeness (QED) is 0.603. The van der Waals surface area contributed by atoms with Gasteiger partial charge in [0.1, 0.15) is 44.2 Å². The average Bonchev–Trinajstić information content (AvgIpc) is 3.30. The summed E-state index contributed by atoms with van der Waals surface area (Å²) in [5.74, 6) is 2.98. The van der Waals surface area contributed by atoms with Gasteiger partial charge in [0.05, 0.1) is 14.2 Å². The van der Waals surface area contributed by atoms with Gasteiger partial charge in [0.2, 0.25) is 5.89 Å². The van der Waals surface area contributed by atoms with Crippen LogP contribution in [0.1, 0.15) is 24.4 Å². The molecule has 1 atom stereocenters. The van der Waals surface area contributed by atoms with E-state index in [2.05, 4.69) is 29.3 Å². The molecule has 0 unspecified atom stereocenters. The Morgan fingerprint density at radius 1 is 0.867 bits per heavy atom. The van der Waals surface area contributed by atoms with Crippen molar-refractivity contribution >= 4 is 0 Å². The number of nitrogens with zero attached hydrogens (tertiary/aromatic N) is 2. The minimum absolute atomic E-state index is 0.187. The van der Waals surface area contributed by atoms with Crippen molar-refractivity contribution in [2.75, 3.05) is 40.4 Å². The largest absolute Gasteiger partial charge is 0.497 e. The highest BCUT2D eigenvalue weighted by Crippen LogP contribution is 2.22. The first kappa shape index (κ1) is 20.4. The number of piperazine rings is 1. The van der Waals surface area contributed by atoms with Gasteiger partial charge in [0.25, 0.3) is 5.89 Å². The molecule has 2 N–H and O–H groups in total. The third kappa shape index (κ3) is 4.63. The third-order valence-electron chi connectivity index (χ3n) is 5.97. The smallest absolute Gasteiger partial charge is 0.274 e. The van der Waals surface area contributed by atoms with Gasteiger partial charge < -0.3 is 23.7 Å². The number of nitrogens with one attached hydrogen (secondary N) is 2. The van der Waals surface area contributed by atoms with E-state index in [0.717, 1.165) is 49.8 Å². The van der Waals surface area contributed by atoms with E-state index in [9.17, 15) is 0 Å². The van der Waals surface area contributed by atoms with E-state index in [1.165, 1.54) is 10.5 Å². The number of aromatic nitrogens is 2. The van der Waals surface area contributed by atoms with Gasteiger partial charge >= 0.3 is 0 Å². The lowest BCUT2D eigenvalue weighted by atomic mass is 10.1. The van der Waals surface area contributed by atoms with Gasteiger partial charge in [-0.1, -0.05) is 0 Å². The van der Waals surface area contributed by atoms with E-state index in [4.69, 9.17) is 13.9 Å². The molecule has 0 bridgehead atoms. The number of hydrogen-bond acceptors (Lipinski definition) is 5. The maximum absolute atomic E-state index is 6.00. The lowest BCUT2D eigenvalue weighted by Gasteiger charge is -2.32. The maximum atomic E-state index is 6.00. The Balaban J connectivity index is 1.32. The van der Waals surface area contributed by atoms with Crippen LogP contribution in [0.5, 0.6) is 11.5 Å². The molecule has 2 heterocycles. The minimum atomic E-state index is 0.187. The monoisotopic (exact) mass is 410 g/mol. The summed E-state index contributed by atoms with van der Waals surface area (Å²) in [6.45, 7) is 7.67. The molecule has 158 valence electrons. The Hall–Kier alpha value is -2.90. The molecule has 4 rings (SSSR count). The van der Waals surface area contributed by atoms with E-state index in [0.29, 0.717) is 11.8 Å². The number of rotatable bonds is 7. The van der Waals surface area contributed by atoms with Crippen molar-refractivity contribution < 1.29 is 23.7 Å². The molecule has 1 aromatic heterocycles. The second-order valence-electron chi connectivity index (χ2n) is 7.83. The first-order chi connectivity index (χ1) is 14.7. The Labute approximate surface area is 177 Å². The van der Waals surface area contributed by atoms with E-state index in [1.807, 2.05) is 36.4 Å². The highest BCUT2D eigenvalue weighted by Gasteiger charge is 2.31. The predicted molar refractivity (Wildman–Crippen MR) is 113 cm³/mol. The fourth-order valence-corrected chi connectivity index (χ4v) is 4.00. The van der Waals surface area contributed by atoms with Crippen molar-refractivity contribution in [3.8, 4) is 23.0 Å². The van der Waals surface area contributed by atoms with Crippen LogP contribution < -0.4 is 19.3 Å². The summed E-state index contributed by atoms with van der Waals surface area (Å²) >= 11 is 0. The van der Waals surface area contributed by atoms with Crippen LogP contribution in [0.25, 0.3) is 11.5 Å². The molecular formula is C23H30N4O3+2. The summed E-state index contributed by atoms with van der Waals surface area (Å²) in [6, 6.07) is 16.3. The van der Waals surface area contributed by atoms with Crippen LogP contribution in [0, 0.1) is 0 Å². The molecule has 1 aliphatic heterocycles. The highest BCUT2D eigenvalue weighted by atomic mass is 16.5. The lowest BCUT2D eigenvalue weighted by Crippen LogP contribution is -3.27. The molecule has 3 aromatic rings. The fourth-order valence-electron chi connectivity index (χ4n) is 4.00. The van der Waals surface area contributed by atoms with Gasteiger partial charge in [-0.05, 0) is 55.5 Å². The molecular weight excluding hydrogens is 380 g/mol. The summed E-state index contributed by atoms with van der Waals surface area (Å²) in [5.41, 5.74) is 2.26. The zero-order valence-electron chi connectivity index (χ0n) is 17.9. The van der Waals surface area contributed by atoms with Gasteiger partial charge in [-0.15, -0.1) is 10.2 Å². The molecule has 1 saturated heterocycles. The van der Waals surface area contributed by atoms with E-state index >= 15 is 0 Å². The van der Waals surface area contributed by atoms with E-state index in [-0.39, 0.29) is 6.04 Å². The summed E-state index contributed by atoms with van der Waals surface area (Å²) in [4.78, 5) is 3.11. The normalized spacial score (nSPS) is 20.0. The molecule has 2 aromatic carbocycles. The molecule has 0 radical (unpaired) electrons. The summed E-state index contributed by atoms with van der Waals surface area (Å²) < 4.78 is 16.5. The average molecular weight is 411 g/mol. The number of ether oxygens (including phenoxy) is 2. The maximum Gasteiger partial charge on any atom is 0.274 e. The Kier molecular flexibility index (Phi) is 6.30. The summed E-state index contributed by atoms with van der Waals surface area (Å²) in [5, 5.41) is 8.58. The standard InChI is InChI=1S/C23H28N4O3/c1-17(22-24-25-23(30-22)19-6-10-21(29-3)11-7-19)27-14-12-26(13-15-27)16-18-4-8-20(28-2)9-5-18/h4-11,17H,12-16H2,1-3H3/p+2/t17-/m1/s1. The summed E-state index contributed by atoms with van der Waals surface area (Å²) in [7, 11) is 3.36. The number of methoxy groups -OCH3 is 2. The number of quaternary nitrogens is 2. The van der Waals surface area contributed by atoms with Gasteiger partial charge in [-0.3, -0.25) is 0 Å². The van der Waals surface area contributed by atoms with Crippen molar-refractivity contribution in [3.63, 3.8) is 0 Å². The molecule has 7 heteroatoms. The predicted octanol–water partition coefficient (Wildman–Crippen LogP) is 0.798. The highest BCUT2D eigenvalue weighted by molar-refractivity contribution is 5.53. The Bertz CT molecular complexity index is 932. The van der Waals surface area contributed by atoms with Crippen molar-refractivity contribution in [3.05, 3.63) is 60.0 Å². The second-order valence-corrected chi connectivity index (χ2v) is 7.83. The Morgan fingerprint density at radius 3 is 2.07 bits per heavy atom. The second kappa shape index (κ2) is 9.28. The van der Waals surface area contributed by atoms with E-state index < -0.39 is 0 Å². The molecule has 7 nitrogen and oxygen atoms in total. The molecule has 1 fully saturated rings.